The third-order valence-electron chi connectivity index (χ3n) is 4.30. The van der Waals surface area contributed by atoms with E-state index in [0.29, 0.717) is 17.7 Å². The van der Waals surface area contributed by atoms with Gasteiger partial charge in [-0.2, -0.15) is 0 Å². The lowest BCUT2D eigenvalue weighted by atomic mass is 9.99. The maximum Gasteiger partial charge on any atom is 0.272 e. The van der Waals surface area contributed by atoms with Crippen LogP contribution in [0.2, 0.25) is 0 Å². The molecule has 1 aliphatic heterocycles. The Morgan fingerprint density at radius 2 is 2.26 bits per heavy atom. The minimum absolute atomic E-state index is 0.0373. The van der Waals surface area contributed by atoms with Crippen LogP contribution in [-0.2, 0) is 0 Å². The van der Waals surface area contributed by atoms with Crippen molar-refractivity contribution in [3.63, 3.8) is 0 Å². The summed E-state index contributed by atoms with van der Waals surface area (Å²) in [6.07, 6.45) is 7.08. The minimum Gasteiger partial charge on any atom is -0.354 e. The molecule has 0 bridgehead atoms. The number of rotatable bonds is 7. The third-order valence-corrected chi connectivity index (χ3v) is 4.30. The lowest BCUT2D eigenvalue weighted by Gasteiger charge is -2.35. The summed E-state index contributed by atoms with van der Waals surface area (Å²) in [4.78, 5) is 25.5. The highest BCUT2D eigenvalue weighted by molar-refractivity contribution is 5.92. The summed E-state index contributed by atoms with van der Waals surface area (Å²) in [6, 6.07) is 2.07. The summed E-state index contributed by atoms with van der Waals surface area (Å²) in [6.45, 7) is 4.80. The van der Waals surface area contributed by atoms with Gasteiger partial charge in [0.25, 0.3) is 5.91 Å². The molecule has 0 aromatic carbocycles. The van der Waals surface area contributed by atoms with E-state index >= 15 is 0 Å². The molecular formula is C17H29N5O. The molecule has 1 N–H and O–H groups in total. The Bertz CT molecular complexity index is 506. The van der Waals surface area contributed by atoms with Gasteiger partial charge in [-0.25, -0.2) is 9.97 Å². The lowest BCUT2D eigenvalue weighted by Crippen LogP contribution is -2.43. The molecule has 128 valence electrons. The highest BCUT2D eigenvalue weighted by atomic mass is 16.2. The van der Waals surface area contributed by atoms with Gasteiger partial charge in [-0.3, -0.25) is 4.79 Å². The van der Waals surface area contributed by atoms with Crippen LogP contribution in [-0.4, -0.2) is 65.4 Å². The van der Waals surface area contributed by atoms with Gasteiger partial charge >= 0.3 is 0 Å². The average molecular weight is 319 g/mol. The minimum atomic E-state index is 0.0373. The van der Waals surface area contributed by atoms with Gasteiger partial charge in [0.2, 0.25) is 5.95 Å². The van der Waals surface area contributed by atoms with Crippen LogP contribution in [0.15, 0.2) is 12.3 Å². The van der Waals surface area contributed by atoms with Crippen LogP contribution in [0, 0.1) is 0 Å². The summed E-state index contributed by atoms with van der Waals surface area (Å²) in [5.74, 6) is 0.579. The first-order valence-corrected chi connectivity index (χ1v) is 8.64. The number of nitrogens with one attached hydrogen (secondary N) is 1. The molecule has 0 aliphatic carbocycles. The molecule has 1 aromatic heterocycles. The number of carbonyl (C=O) groups is 1. The summed E-state index contributed by atoms with van der Waals surface area (Å²) >= 11 is 0. The first-order valence-electron chi connectivity index (χ1n) is 8.64. The van der Waals surface area contributed by atoms with Crippen LogP contribution in [0.1, 0.15) is 49.5 Å². The molecule has 1 unspecified atom stereocenters. The zero-order valence-corrected chi connectivity index (χ0v) is 14.6. The van der Waals surface area contributed by atoms with Gasteiger partial charge in [-0.15, -0.1) is 0 Å². The average Bonchev–Trinajstić information content (AvgIpc) is 2.58. The quantitative estimate of drug-likeness (QED) is 0.781. The standard InChI is InChI=1S/C17H29N5O/c1-4-14-8-5-6-13-22(14)16(23)15-9-11-19-17(20-15)18-10-7-12-21(2)3/h9,11,14H,4-8,10,12-13H2,1-3H3,(H,18,19,20). The van der Waals surface area contributed by atoms with Crippen molar-refractivity contribution in [2.45, 2.75) is 45.1 Å². The number of hydrogen-bond acceptors (Lipinski definition) is 5. The molecule has 1 aromatic rings. The Kier molecular flexibility index (Phi) is 6.77. The highest BCUT2D eigenvalue weighted by Gasteiger charge is 2.27. The number of amides is 1. The molecule has 0 radical (unpaired) electrons. The Balaban J connectivity index is 1.96. The predicted molar refractivity (Wildman–Crippen MR) is 92.7 cm³/mol. The number of hydrogen-bond donors (Lipinski definition) is 1. The number of carbonyl (C=O) groups excluding carboxylic acids is 1. The summed E-state index contributed by atoms with van der Waals surface area (Å²) in [5, 5.41) is 3.20. The Morgan fingerprint density at radius 3 is 3.00 bits per heavy atom. The van der Waals surface area contributed by atoms with Crippen molar-refractivity contribution in [3.8, 4) is 0 Å². The molecule has 2 heterocycles. The van der Waals surface area contributed by atoms with Crippen LogP contribution in [0.5, 0.6) is 0 Å². The van der Waals surface area contributed by atoms with Crippen molar-refractivity contribution in [3.05, 3.63) is 18.0 Å². The second-order valence-electron chi connectivity index (χ2n) is 6.41. The predicted octanol–water partition coefficient (Wildman–Crippen LogP) is 2.24. The zero-order chi connectivity index (χ0) is 16.7. The second kappa shape index (κ2) is 8.82. The van der Waals surface area contributed by atoms with E-state index in [1.54, 1.807) is 12.3 Å². The SMILES string of the molecule is CCC1CCCCN1C(=O)c1ccnc(NCCCN(C)C)n1. The Labute approximate surface area is 139 Å². The summed E-state index contributed by atoms with van der Waals surface area (Å²) in [5.41, 5.74) is 0.496. The Morgan fingerprint density at radius 1 is 1.43 bits per heavy atom. The molecule has 1 fully saturated rings. The molecule has 23 heavy (non-hydrogen) atoms. The largest absolute Gasteiger partial charge is 0.354 e. The monoisotopic (exact) mass is 319 g/mol. The third kappa shape index (κ3) is 5.16. The van der Waals surface area contributed by atoms with Crippen molar-refractivity contribution in [2.75, 3.05) is 39.0 Å². The fraction of sp³-hybridized carbons (Fsp3) is 0.706. The van der Waals surface area contributed by atoms with Crippen molar-refractivity contribution >= 4 is 11.9 Å². The number of likely N-dealkylation sites (tertiary alicyclic amines) is 1. The molecule has 0 spiro atoms. The molecule has 1 atom stereocenters. The maximum atomic E-state index is 12.7. The van der Waals surface area contributed by atoms with E-state index < -0.39 is 0 Å². The van der Waals surface area contributed by atoms with Gasteiger partial charge in [0, 0.05) is 25.3 Å². The number of piperidine rings is 1. The second-order valence-corrected chi connectivity index (χ2v) is 6.41. The van der Waals surface area contributed by atoms with E-state index in [1.807, 2.05) is 4.90 Å². The Hall–Kier alpha value is -1.69. The molecule has 0 saturated carbocycles. The van der Waals surface area contributed by atoms with Crippen LogP contribution in [0.4, 0.5) is 5.95 Å². The van der Waals surface area contributed by atoms with Crippen LogP contribution in [0.25, 0.3) is 0 Å². The van der Waals surface area contributed by atoms with E-state index in [9.17, 15) is 4.79 Å². The van der Waals surface area contributed by atoms with Gasteiger partial charge in [-0.1, -0.05) is 6.92 Å². The molecule has 1 amide bonds. The van der Waals surface area contributed by atoms with E-state index in [0.717, 1.165) is 45.3 Å². The highest BCUT2D eigenvalue weighted by Crippen LogP contribution is 2.21. The number of aromatic nitrogens is 2. The number of nitrogens with zero attached hydrogens (tertiary/aromatic N) is 4. The molecule has 6 heteroatoms. The fourth-order valence-corrected chi connectivity index (χ4v) is 3.00. The first-order chi connectivity index (χ1) is 11.1. The topological polar surface area (TPSA) is 61.4 Å². The van der Waals surface area contributed by atoms with Crippen LogP contribution >= 0.6 is 0 Å². The van der Waals surface area contributed by atoms with Gasteiger partial charge in [-0.05, 0) is 58.8 Å². The maximum absolute atomic E-state index is 12.7. The van der Waals surface area contributed by atoms with Crippen molar-refractivity contribution in [1.29, 1.82) is 0 Å². The molecule has 6 nitrogen and oxygen atoms in total. The molecular weight excluding hydrogens is 290 g/mol. The van der Waals surface area contributed by atoms with E-state index in [4.69, 9.17) is 0 Å². The van der Waals surface area contributed by atoms with E-state index in [1.165, 1.54) is 6.42 Å². The van der Waals surface area contributed by atoms with Crippen molar-refractivity contribution in [2.24, 2.45) is 0 Å². The van der Waals surface area contributed by atoms with Gasteiger partial charge < -0.3 is 15.1 Å². The lowest BCUT2D eigenvalue weighted by molar-refractivity contribution is 0.0602. The van der Waals surface area contributed by atoms with E-state index in [2.05, 4.69) is 41.2 Å². The molecule has 2 rings (SSSR count). The van der Waals surface area contributed by atoms with Crippen LogP contribution in [0.3, 0.4) is 0 Å². The van der Waals surface area contributed by atoms with Gasteiger partial charge in [0.1, 0.15) is 5.69 Å². The first kappa shape index (κ1) is 17.7. The smallest absolute Gasteiger partial charge is 0.272 e. The fourth-order valence-electron chi connectivity index (χ4n) is 3.00. The molecule has 1 saturated heterocycles. The van der Waals surface area contributed by atoms with Crippen LogP contribution < -0.4 is 5.32 Å². The summed E-state index contributed by atoms with van der Waals surface area (Å²) in [7, 11) is 4.11. The van der Waals surface area contributed by atoms with Gasteiger partial charge in [0.15, 0.2) is 0 Å². The number of anilines is 1. The van der Waals surface area contributed by atoms with Crippen molar-refractivity contribution < 1.29 is 4.79 Å². The molecule has 1 aliphatic rings. The van der Waals surface area contributed by atoms with Gasteiger partial charge in [0.05, 0.1) is 0 Å². The van der Waals surface area contributed by atoms with E-state index in [-0.39, 0.29) is 5.91 Å². The normalized spacial score (nSPS) is 18.3. The summed E-state index contributed by atoms with van der Waals surface area (Å²) < 4.78 is 0. The zero-order valence-electron chi connectivity index (χ0n) is 14.6. The van der Waals surface area contributed by atoms with Crippen molar-refractivity contribution in [1.82, 2.24) is 19.8 Å².